The summed E-state index contributed by atoms with van der Waals surface area (Å²) in [5.74, 6) is -0.576. The summed E-state index contributed by atoms with van der Waals surface area (Å²) in [6.07, 6.45) is 3.50. The largest absolute Gasteiger partial charge is 0.348 e. The molecule has 4 amide bonds. The van der Waals surface area contributed by atoms with Crippen molar-refractivity contribution in [2.24, 2.45) is 5.92 Å². The first-order chi connectivity index (χ1) is 12.3. The number of carbonyl (C=O) groups excluding carboxylic acids is 3. The quantitative estimate of drug-likeness (QED) is 0.791. The zero-order chi connectivity index (χ0) is 18.9. The van der Waals surface area contributed by atoms with Crippen LogP contribution in [0.25, 0.3) is 0 Å². The van der Waals surface area contributed by atoms with Crippen LogP contribution >= 0.6 is 11.6 Å². The second-order valence-corrected chi connectivity index (χ2v) is 7.72. The van der Waals surface area contributed by atoms with Crippen LogP contribution in [0, 0.1) is 5.92 Å². The molecule has 26 heavy (non-hydrogen) atoms. The minimum absolute atomic E-state index is 0.0751. The molecule has 140 valence electrons. The predicted octanol–water partition coefficient (Wildman–Crippen LogP) is 3.02. The number of imide groups is 1. The number of carbonyl (C=O) groups is 3. The Morgan fingerprint density at radius 3 is 2.88 bits per heavy atom. The van der Waals surface area contributed by atoms with E-state index in [1.165, 1.54) is 0 Å². The fourth-order valence-corrected chi connectivity index (χ4v) is 4.13. The summed E-state index contributed by atoms with van der Waals surface area (Å²) >= 11 is 5.98. The van der Waals surface area contributed by atoms with Crippen LogP contribution in [0.5, 0.6) is 0 Å². The fourth-order valence-electron chi connectivity index (χ4n) is 3.93. The molecule has 7 heteroatoms. The molecule has 0 radical (unpaired) electrons. The van der Waals surface area contributed by atoms with E-state index in [2.05, 4.69) is 10.6 Å². The highest BCUT2D eigenvalue weighted by atomic mass is 35.5. The van der Waals surface area contributed by atoms with Gasteiger partial charge in [0.1, 0.15) is 12.1 Å². The van der Waals surface area contributed by atoms with Gasteiger partial charge in [-0.3, -0.25) is 14.5 Å². The number of halogens is 1. The lowest BCUT2D eigenvalue weighted by Crippen LogP contribution is -2.54. The minimum Gasteiger partial charge on any atom is -0.348 e. The molecule has 1 aromatic carbocycles. The number of amides is 4. The number of rotatable bonds is 4. The van der Waals surface area contributed by atoms with Crippen molar-refractivity contribution in [3.8, 4) is 0 Å². The van der Waals surface area contributed by atoms with Gasteiger partial charge in [-0.1, -0.05) is 43.5 Å². The summed E-state index contributed by atoms with van der Waals surface area (Å²) in [6, 6.07) is 6.46. The number of benzene rings is 1. The Morgan fingerprint density at radius 2 is 2.19 bits per heavy atom. The predicted molar refractivity (Wildman–Crippen MR) is 98.6 cm³/mol. The summed E-state index contributed by atoms with van der Waals surface area (Å²) in [4.78, 5) is 38.7. The van der Waals surface area contributed by atoms with Crippen LogP contribution in [-0.2, 0) is 9.59 Å². The first-order valence-electron chi connectivity index (χ1n) is 9.02. The number of nitrogens with zero attached hydrogens (tertiary/aromatic N) is 1. The standard InChI is InChI=1S/C19H24ClN3O3/c1-12-6-3-4-9-19(12)17(25)23(18(26)22-19)11-16(24)21-13(2)14-7-5-8-15(20)10-14/h5,7-8,10,12-13H,3-4,6,9,11H2,1-2H3,(H,21,24)(H,22,26). The maximum absolute atomic E-state index is 12.9. The molecule has 3 atom stereocenters. The van der Waals surface area contributed by atoms with Crippen LogP contribution in [0.2, 0.25) is 5.02 Å². The molecule has 1 aliphatic heterocycles. The van der Waals surface area contributed by atoms with Gasteiger partial charge in [-0.2, -0.15) is 0 Å². The molecule has 1 heterocycles. The lowest BCUT2D eigenvalue weighted by atomic mass is 9.73. The van der Waals surface area contributed by atoms with Crippen molar-refractivity contribution in [2.45, 2.75) is 51.1 Å². The number of nitrogens with one attached hydrogen (secondary N) is 2. The Kier molecular flexibility index (Phi) is 5.23. The maximum Gasteiger partial charge on any atom is 0.325 e. The number of hydrogen-bond donors (Lipinski definition) is 2. The topological polar surface area (TPSA) is 78.5 Å². The molecule has 6 nitrogen and oxygen atoms in total. The smallest absolute Gasteiger partial charge is 0.325 e. The first kappa shape index (κ1) is 18.7. The van der Waals surface area contributed by atoms with Gasteiger partial charge < -0.3 is 10.6 Å². The summed E-state index contributed by atoms with van der Waals surface area (Å²) in [5.41, 5.74) is 0.0224. The van der Waals surface area contributed by atoms with E-state index in [1.54, 1.807) is 12.1 Å². The SMILES string of the molecule is CC(NC(=O)CN1C(=O)NC2(CCCCC2C)C1=O)c1cccc(Cl)c1. The third-order valence-corrected chi connectivity index (χ3v) is 5.76. The monoisotopic (exact) mass is 377 g/mol. The van der Waals surface area contributed by atoms with Crippen LogP contribution in [0.3, 0.4) is 0 Å². The molecule has 1 aliphatic carbocycles. The van der Waals surface area contributed by atoms with Gasteiger partial charge >= 0.3 is 6.03 Å². The highest BCUT2D eigenvalue weighted by Crippen LogP contribution is 2.38. The van der Waals surface area contributed by atoms with Gasteiger partial charge in [-0.15, -0.1) is 0 Å². The Balaban J connectivity index is 1.65. The fraction of sp³-hybridized carbons (Fsp3) is 0.526. The van der Waals surface area contributed by atoms with Crippen molar-refractivity contribution in [1.29, 1.82) is 0 Å². The van der Waals surface area contributed by atoms with Crippen LogP contribution < -0.4 is 10.6 Å². The molecule has 2 aliphatic rings. The third kappa shape index (κ3) is 3.43. The Morgan fingerprint density at radius 1 is 1.42 bits per heavy atom. The molecular formula is C19H24ClN3O3. The van der Waals surface area contributed by atoms with Gasteiger partial charge in [0.15, 0.2) is 0 Å². The van der Waals surface area contributed by atoms with E-state index >= 15 is 0 Å². The summed E-state index contributed by atoms with van der Waals surface area (Å²) in [5, 5.41) is 6.27. The van der Waals surface area contributed by atoms with Crippen LogP contribution in [0.4, 0.5) is 4.79 Å². The molecule has 1 aromatic rings. The molecule has 1 saturated heterocycles. The molecule has 2 fully saturated rings. The van der Waals surface area contributed by atoms with E-state index in [1.807, 2.05) is 26.0 Å². The molecule has 1 saturated carbocycles. The van der Waals surface area contributed by atoms with Gasteiger partial charge in [-0.25, -0.2) is 4.79 Å². The molecule has 3 unspecified atom stereocenters. The minimum atomic E-state index is -0.839. The maximum atomic E-state index is 12.9. The lowest BCUT2D eigenvalue weighted by Gasteiger charge is -2.36. The van der Waals surface area contributed by atoms with Gasteiger partial charge in [0.2, 0.25) is 5.91 Å². The average molecular weight is 378 g/mol. The van der Waals surface area contributed by atoms with Crippen molar-refractivity contribution in [1.82, 2.24) is 15.5 Å². The number of hydrogen-bond acceptors (Lipinski definition) is 3. The van der Waals surface area contributed by atoms with E-state index in [9.17, 15) is 14.4 Å². The normalized spacial score (nSPS) is 26.7. The van der Waals surface area contributed by atoms with Crippen molar-refractivity contribution in [3.05, 3.63) is 34.9 Å². The Hall–Kier alpha value is -2.08. The number of urea groups is 1. The third-order valence-electron chi connectivity index (χ3n) is 5.53. The zero-order valence-electron chi connectivity index (χ0n) is 15.0. The van der Waals surface area contributed by atoms with E-state index in [0.29, 0.717) is 11.4 Å². The Bertz CT molecular complexity index is 738. The molecule has 1 spiro atoms. The molecule has 2 N–H and O–H groups in total. The van der Waals surface area contributed by atoms with Gasteiger partial charge in [0.05, 0.1) is 6.04 Å². The van der Waals surface area contributed by atoms with Crippen molar-refractivity contribution in [2.75, 3.05) is 6.54 Å². The van der Waals surface area contributed by atoms with Crippen LogP contribution in [0.1, 0.15) is 51.1 Å². The average Bonchev–Trinajstić information content (AvgIpc) is 2.82. The summed E-state index contributed by atoms with van der Waals surface area (Å²) < 4.78 is 0. The van der Waals surface area contributed by atoms with Crippen LogP contribution in [0.15, 0.2) is 24.3 Å². The van der Waals surface area contributed by atoms with Crippen molar-refractivity contribution in [3.63, 3.8) is 0 Å². The second-order valence-electron chi connectivity index (χ2n) is 7.28. The van der Waals surface area contributed by atoms with E-state index in [-0.39, 0.29) is 30.3 Å². The first-order valence-corrected chi connectivity index (χ1v) is 9.40. The second kappa shape index (κ2) is 7.27. The Labute approximate surface area is 158 Å². The highest BCUT2D eigenvalue weighted by Gasteiger charge is 2.55. The lowest BCUT2D eigenvalue weighted by molar-refractivity contribution is -0.137. The zero-order valence-corrected chi connectivity index (χ0v) is 15.8. The van der Waals surface area contributed by atoms with Gasteiger partial charge in [0.25, 0.3) is 5.91 Å². The van der Waals surface area contributed by atoms with E-state index in [4.69, 9.17) is 11.6 Å². The van der Waals surface area contributed by atoms with Crippen molar-refractivity contribution >= 4 is 29.4 Å². The summed E-state index contributed by atoms with van der Waals surface area (Å²) in [7, 11) is 0. The van der Waals surface area contributed by atoms with E-state index in [0.717, 1.165) is 29.7 Å². The van der Waals surface area contributed by atoms with Gasteiger partial charge in [0, 0.05) is 5.02 Å². The molecule has 3 rings (SSSR count). The highest BCUT2D eigenvalue weighted by molar-refractivity contribution is 6.30. The molecular weight excluding hydrogens is 354 g/mol. The van der Waals surface area contributed by atoms with Crippen LogP contribution in [-0.4, -0.2) is 34.8 Å². The van der Waals surface area contributed by atoms with Crippen molar-refractivity contribution < 1.29 is 14.4 Å². The molecule has 0 bridgehead atoms. The van der Waals surface area contributed by atoms with Gasteiger partial charge in [-0.05, 0) is 43.4 Å². The summed E-state index contributed by atoms with van der Waals surface area (Å²) in [6.45, 7) is 3.55. The molecule has 0 aromatic heterocycles. The van der Waals surface area contributed by atoms with E-state index < -0.39 is 11.6 Å².